The molecule has 32 heavy (non-hydrogen) atoms. The van der Waals surface area contributed by atoms with Crippen molar-refractivity contribution in [3.63, 3.8) is 0 Å². The standard InChI is InChI=1S/C24H40N2O4S2/c1-21(2,3)25-17(27)13-15(19(25)29)31-23(7,8)11-12-24(9,10)32-16-14-18(28)26(20(16)30)22(4,5)6/h15-16H,11-14H2,1-10H3. The largest absolute Gasteiger partial charge is 0.276 e. The van der Waals surface area contributed by atoms with Gasteiger partial charge in [-0.2, -0.15) is 0 Å². The van der Waals surface area contributed by atoms with Crippen LogP contribution < -0.4 is 0 Å². The highest BCUT2D eigenvalue weighted by molar-refractivity contribution is 8.02. The second-order valence-electron chi connectivity index (χ2n) is 12.1. The fourth-order valence-electron chi connectivity index (χ4n) is 4.29. The van der Waals surface area contributed by atoms with E-state index in [0.29, 0.717) is 0 Å². The van der Waals surface area contributed by atoms with Gasteiger partial charge in [-0.05, 0) is 54.4 Å². The van der Waals surface area contributed by atoms with E-state index in [1.807, 2.05) is 41.5 Å². The lowest BCUT2D eigenvalue weighted by Crippen LogP contribution is -2.46. The number of hydrogen-bond acceptors (Lipinski definition) is 6. The van der Waals surface area contributed by atoms with E-state index in [4.69, 9.17) is 0 Å². The zero-order valence-electron chi connectivity index (χ0n) is 21.3. The van der Waals surface area contributed by atoms with Crippen molar-refractivity contribution in [1.29, 1.82) is 0 Å². The lowest BCUT2D eigenvalue weighted by molar-refractivity contribution is -0.145. The van der Waals surface area contributed by atoms with Crippen LogP contribution in [0, 0.1) is 0 Å². The first-order chi connectivity index (χ1) is 14.3. The van der Waals surface area contributed by atoms with Gasteiger partial charge in [0.2, 0.25) is 23.6 Å². The minimum atomic E-state index is -0.502. The van der Waals surface area contributed by atoms with Crippen molar-refractivity contribution in [3.05, 3.63) is 0 Å². The quantitative estimate of drug-likeness (QED) is 0.490. The van der Waals surface area contributed by atoms with E-state index in [1.165, 1.54) is 9.80 Å². The first kappa shape index (κ1) is 27.2. The van der Waals surface area contributed by atoms with Gasteiger partial charge in [0.25, 0.3) is 0 Å². The van der Waals surface area contributed by atoms with Gasteiger partial charge in [0.1, 0.15) is 0 Å². The molecule has 2 saturated heterocycles. The van der Waals surface area contributed by atoms with Crippen LogP contribution in [0.3, 0.4) is 0 Å². The molecular formula is C24H40N2O4S2. The van der Waals surface area contributed by atoms with E-state index in [1.54, 1.807) is 23.5 Å². The summed E-state index contributed by atoms with van der Waals surface area (Å²) in [6, 6.07) is 0. The molecule has 2 fully saturated rings. The minimum Gasteiger partial charge on any atom is -0.276 e. The molecule has 2 unspecified atom stereocenters. The number of hydrogen-bond donors (Lipinski definition) is 0. The molecule has 2 aliphatic heterocycles. The number of thioether (sulfide) groups is 2. The van der Waals surface area contributed by atoms with Gasteiger partial charge in [-0.25, -0.2) is 0 Å². The van der Waals surface area contributed by atoms with Crippen LogP contribution in [-0.4, -0.2) is 64.5 Å². The molecule has 0 saturated carbocycles. The van der Waals surface area contributed by atoms with Crippen LogP contribution in [-0.2, 0) is 19.2 Å². The van der Waals surface area contributed by atoms with Crippen molar-refractivity contribution >= 4 is 47.2 Å². The van der Waals surface area contributed by atoms with E-state index in [-0.39, 0.29) is 56.5 Å². The zero-order valence-corrected chi connectivity index (χ0v) is 23.0. The summed E-state index contributed by atoms with van der Waals surface area (Å²) in [6.45, 7) is 19.8. The average Bonchev–Trinajstić information content (AvgIpc) is 2.99. The van der Waals surface area contributed by atoms with E-state index in [2.05, 4.69) is 27.7 Å². The van der Waals surface area contributed by atoms with Crippen LogP contribution in [0.2, 0.25) is 0 Å². The SMILES string of the molecule is CC(C)(CCC(C)(C)SC1CC(=O)N(C(C)(C)C)C1=O)SC1CC(=O)N(C(C)(C)C)C1=O. The number of carbonyl (C=O) groups is 4. The summed E-state index contributed by atoms with van der Waals surface area (Å²) in [7, 11) is 0. The molecule has 0 aromatic heterocycles. The van der Waals surface area contributed by atoms with Gasteiger partial charge in [0.05, 0.1) is 10.5 Å². The van der Waals surface area contributed by atoms with Crippen molar-refractivity contribution in [3.8, 4) is 0 Å². The minimum absolute atomic E-state index is 0.0912. The lowest BCUT2D eigenvalue weighted by atomic mass is 9.99. The Kier molecular flexibility index (Phi) is 7.63. The van der Waals surface area contributed by atoms with Gasteiger partial charge in [-0.3, -0.25) is 29.0 Å². The highest BCUT2D eigenvalue weighted by atomic mass is 32.2. The van der Waals surface area contributed by atoms with Crippen LogP contribution in [0.25, 0.3) is 0 Å². The molecule has 2 atom stereocenters. The van der Waals surface area contributed by atoms with E-state index >= 15 is 0 Å². The first-order valence-corrected chi connectivity index (χ1v) is 13.1. The Balaban J connectivity index is 1.97. The number of amides is 4. The molecule has 0 aliphatic carbocycles. The Morgan fingerprint density at radius 1 is 0.625 bits per heavy atom. The molecule has 0 spiro atoms. The Labute approximate surface area is 202 Å². The Bertz CT molecular complexity index is 727. The molecule has 2 rings (SSSR count). The summed E-state index contributed by atoms with van der Waals surface area (Å²) in [5.74, 6) is -0.378. The summed E-state index contributed by atoms with van der Waals surface area (Å²) < 4.78 is -0.390. The number of carbonyl (C=O) groups excluding carboxylic acids is 4. The average molecular weight is 485 g/mol. The van der Waals surface area contributed by atoms with Crippen molar-refractivity contribution in [2.24, 2.45) is 0 Å². The summed E-state index contributed by atoms with van der Waals surface area (Å²) in [5.41, 5.74) is -1.00. The van der Waals surface area contributed by atoms with Crippen molar-refractivity contribution in [2.45, 2.75) is 126 Å². The molecule has 8 heteroatoms. The highest BCUT2D eigenvalue weighted by Gasteiger charge is 2.48. The zero-order chi connectivity index (χ0) is 24.9. The fourth-order valence-corrected chi connectivity index (χ4v) is 7.14. The van der Waals surface area contributed by atoms with Gasteiger partial charge in [-0.1, -0.05) is 27.7 Å². The maximum atomic E-state index is 12.9. The van der Waals surface area contributed by atoms with E-state index < -0.39 is 11.1 Å². The van der Waals surface area contributed by atoms with Gasteiger partial charge < -0.3 is 0 Å². The summed E-state index contributed by atoms with van der Waals surface area (Å²) >= 11 is 3.16. The summed E-state index contributed by atoms with van der Waals surface area (Å²) in [4.78, 5) is 53.4. The molecule has 0 radical (unpaired) electrons. The van der Waals surface area contributed by atoms with Gasteiger partial charge in [0, 0.05) is 33.4 Å². The summed E-state index contributed by atoms with van der Waals surface area (Å²) in [6.07, 6.45) is 2.18. The van der Waals surface area contributed by atoms with Crippen LogP contribution in [0.15, 0.2) is 0 Å². The Morgan fingerprint density at radius 3 is 1.12 bits per heavy atom. The maximum absolute atomic E-state index is 12.9. The van der Waals surface area contributed by atoms with E-state index in [9.17, 15) is 19.2 Å². The molecule has 0 aromatic carbocycles. The van der Waals surface area contributed by atoms with E-state index in [0.717, 1.165) is 12.8 Å². The third-order valence-electron chi connectivity index (χ3n) is 5.80. The normalized spacial score (nSPS) is 23.7. The monoisotopic (exact) mass is 484 g/mol. The number of rotatable bonds is 7. The third-order valence-corrected chi connectivity index (χ3v) is 8.79. The Morgan fingerprint density at radius 2 is 0.906 bits per heavy atom. The molecule has 0 N–H and O–H groups in total. The van der Waals surface area contributed by atoms with Crippen LogP contribution >= 0.6 is 23.5 Å². The van der Waals surface area contributed by atoms with Gasteiger partial charge >= 0.3 is 0 Å². The number of imide groups is 2. The molecule has 0 bridgehead atoms. The molecular weight excluding hydrogens is 444 g/mol. The lowest BCUT2D eigenvalue weighted by Gasteiger charge is -2.34. The second kappa shape index (κ2) is 8.97. The molecule has 0 aromatic rings. The predicted molar refractivity (Wildman–Crippen MR) is 133 cm³/mol. The molecule has 6 nitrogen and oxygen atoms in total. The first-order valence-electron chi connectivity index (χ1n) is 11.3. The smallest absolute Gasteiger partial charge is 0.243 e. The molecule has 2 heterocycles. The molecule has 182 valence electrons. The maximum Gasteiger partial charge on any atom is 0.243 e. The van der Waals surface area contributed by atoms with Crippen LogP contribution in [0.1, 0.15) is 94.9 Å². The van der Waals surface area contributed by atoms with Crippen LogP contribution in [0.5, 0.6) is 0 Å². The van der Waals surface area contributed by atoms with Crippen molar-refractivity contribution in [2.75, 3.05) is 0 Å². The van der Waals surface area contributed by atoms with Crippen molar-refractivity contribution in [1.82, 2.24) is 9.80 Å². The van der Waals surface area contributed by atoms with Gasteiger partial charge in [-0.15, -0.1) is 23.5 Å². The number of likely N-dealkylation sites (tertiary alicyclic amines) is 2. The predicted octanol–water partition coefficient (Wildman–Crippen LogP) is 4.64. The second-order valence-corrected chi connectivity index (χ2v) is 15.9. The topological polar surface area (TPSA) is 74.8 Å². The molecule has 4 amide bonds. The summed E-state index contributed by atoms with van der Waals surface area (Å²) in [5, 5.41) is -0.691. The van der Waals surface area contributed by atoms with Crippen LogP contribution in [0.4, 0.5) is 0 Å². The highest BCUT2D eigenvalue weighted by Crippen LogP contribution is 2.44. The number of nitrogens with zero attached hydrogens (tertiary/aromatic N) is 2. The molecule has 2 aliphatic rings. The fraction of sp³-hybridized carbons (Fsp3) is 0.833. The third kappa shape index (κ3) is 6.31. The van der Waals surface area contributed by atoms with Crippen molar-refractivity contribution < 1.29 is 19.2 Å². The van der Waals surface area contributed by atoms with Gasteiger partial charge in [0.15, 0.2) is 0 Å². The Hall–Kier alpha value is -1.02.